The second-order valence-corrected chi connectivity index (χ2v) is 4.86. The van der Waals surface area contributed by atoms with E-state index >= 15 is 0 Å². The Kier molecular flexibility index (Phi) is 2.99. The van der Waals surface area contributed by atoms with E-state index in [4.69, 9.17) is 9.47 Å². The van der Waals surface area contributed by atoms with Crippen LogP contribution >= 0.6 is 0 Å². The first kappa shape index (κ1) is 13.7. The van der Waals surface area contributed by atoms with Crippen LogP contribution in [0.1, 0.15) is 12.8 Å². The van der Waals surface area contributed by atoms with Crippen molar-refractivity contribution in [1.82, 2.24) is 0 Å². The molecule has 0 aromatic rings. The van der Waals surface area contributed by atoms with Crippen LogP contribution in [-0.2, 0) is 19.1 Å². The number of carbonyl (C=O) groups is 2. The molecule has 2 aliphatic rings. The average molecular weight is 272 g/mol. The van der Waals surface area contributed by atoms with Crippen molar-refractivity contribution in [3.05, 3.63) is 25.3 Å². The van der Waals surface area contributed by atoms with Gasteiger partial charge in [-0.05, 0) is 12.8 Å². The van der Waals surface area contributed by atoms with E-state index in [2.05, 4.69) is 13.2 Å². The summed E-state index contributed by atoms with van der Waals surface area (Å²) in [6, 6.07) is 0. The zero-order valence-electron chi connectivity index (χ0n) is 10.3. The highest BCUT2D eigenvalue weighted by atomic mass is 19.3. The van der Waals surface area contributed by atoms with Gasteiger partial charge >= 0.3 is 11.9 Å². The minimum atomic E-state index is -2.98. The van der Waals surface area contributed by atoms with E-state index in [1.807, 2.05) is 0 Å². The van der Waals surface area contributed by atoms with Crippen LogP contribution in [0.2, 0.25) is 0 Å². The fourth-order valence-corrected chi connectivity index (χ4v) is 2.89. The second kappa shape index (κ2) is 4.15. The minimum absolute atomic E-state index is 0.246. The van der Waals surface area contributed by atoms with E-state index < -0.39 is 28.7 Å². The normalized spacial score (nSPS) is 33.4. The first-order valence-electron chi connectivity index (χ1n) is 5.83. The summed E-state index contributed by atoms with van der Waals surface area (Å²) in [6.45, 7) is 5.64. The molecule has 0 amide bonds. The Morgan fingerprint density at radius 3 is 1.63 bits per heavy atom. The maximum atomic E-state index is 14.0. The molecule has 0 heterocycles. The van der Waals surface area contributed by atoms with Gasteiger partial charge in [-0.2, -0.15) is 0 Å². The predicted molar refractivity (Wildman–Crippen MR) is 61.4 cm³/mol. The third kappa shape index (κ3) is 1.55. The van der Waals surface area contributed by atoms with E-state index in [0.29, 0.717) is 0 Å². The molecule has 2 fully saturated rings. The summed E-state index contributed by atoms with van der Waals surface area (Å²) in [5.41, 5.74) is -2.78. The van der Waals surface area contributed by atoms with E-state index in [1.54, 1.807) is 0 Å². The second-order valence-electron chi connectivity index (χ2n) is 4.86. The highest BCUT2D eigenvalue weighted by Gasteiger charge is 2.96. The van der Waals surface area contributed by atoms with Gasteiger partial charge in [0.25, 0.3) is 5.92 Å². The highest BCUT2D eigenvalue weighted by Crippen LogP contribution is 2.86. The molecule has 0 bridgehead atoms. The SMILES string of the molecule is C=CC(=O)OCC12CCC1(COC(=O)C=C)C2(F)F. The third-order valence-corrected chi connectivity index (χ3v) is 4.29. The number of rotatable bonds is 6. The lowest BCUT2D eigenvalue weighted by molar-refractivity contribution is -0.146. The third-order valence-electron chi connectivity index (χ3n) is 4.29. The van der Waals surface area contributed by atoms with Crippen LogP contribution in [0.3, 0.4) is 0 Å². The standard InChI is InChI=1S/C13H14F2O4/c1-3-9(16)18-7-11-5-6-12(11,13(11,14)15)8-19-10(17)4-2/h3-4H,1-2,5-8H2. The van der Waals surface area contributed by atoms with Gasteiger partial charge in [-0.25, -0.2) is 18.4 Å². The van der Waals surface area contributed by atoms with Crippen molar-refractivity contribution in [2.24, 2.45) is 10.8 Å². The Balaban J connectivity index is 2.02. The summed E-state index contributed by atoms with van der Waals surface area (Å²) in [5, 5.41) is 0. The van der Waals surface area contributed by atoms with E-state index in [1.165, 1.54) is 0 Å². The Hall–Kier alpha value is -1.72. The number of alkyl halides is 2. The Morgan fingerprint density at radius 1 is 1.00 bits per heavy atom. The molecule has 2 aliphatic carbocycles. The minimum Gasteiger partial charge on any atom is -0.462 e. The molecule has 19 heavy (non-hydrogen) atoms. The van der Waals surface area contributed by atoms with Crippen molar-refractivity contribution in [1.29, 1.82) is 0 Å². The number of ether oxygens (including phenoxy) is 2. The molecular weight excluding hydrogens is 258 g/mol. The van der Waals surface area contributed by atoms with Crippen molar-refractivity contribution < 1.29 is 27.8 Å². The Labute approximate surface area is 109 Å². The molecule has 0 aromatic heterocycles. The summed E-state index contributed by atoms with van der Waals surface area (Å²) in [5.74, 6) is -4.45. The Bertz CT molecular complexity index is 420. The summed E-state index contributed by atoms with van der Waals surface area (Å²) < 4.78 is 37.4. The molecule has 6 heteroatoms. The average Bonchev–Trinajstić information content (AvgIpc) is 2.64. The molecule has 2 rings (SSSR count). The first-order valence-corrected chi connectivity index (χ1v) is 5.83. The van der Waals surface area contributed by atoms with Crippen LogP contribution in [0.5, 0.6) is 0 Å². The lowest BCUT2D eigenvalue weighted by atomic mass is 9.74. The molecular formula is C13H14F2O4. The number of carbonyl (C=O) groups excluding carboxylic acids is 2. The fourth-order valence-electron chi connectivity index (χ4n) is 2.89. The maximum absolute atomic E-state index is 14.0. The summed E-state index contributed by atoms with van der Waals surface area (Å²) in [6.07, 6.45) is 2.34. The molecule has 2 unspecified atom stereocenters. The number of fused-ring (bicyclic) bond motifs is 1. The quantitative estimate of drug-likeness (QED) is 0.547. The Morgan fingerprint density at radius 2 is 1.37 bits per heavy atom. The van der Waals surface area contributed by atoms with E-state index in [-0.39, 0.29) is 26.1 Å². The summed E-state index contributed by atoms with van der Waals surface area (Å²) >= 11 is 0. The van der Waals surface area contributed by atoms with Crippen LogP contribution in [0.15, 0.2) is 25.3 Å². The van der Waals surface area contributed by atoms with Gasteiger partial charge in [0.2, 0.25) is 0 Å². The van der Waals surface area contributed by atoms with Gasteiger partial charge in [-0.15, -0.1) is 0 Å². The molecule has 0 spiro atoms. The predicted octanol–water partition coefficient (Wildman–Crippen LogP) is 1.86. The zero-order chi connectivity index (χ0) is 14.3. The zero-order valence-corrected chi connectivity index (χ0v) is 10.3. The van der Waals surface area contributed by atoms with Crippen LogP contribution < -0.4 is 0 Å². The highest BCUT2D eigenvalue weighted by molar-refractivity contribution is 5.81. The van der Waals surface area contributed by atoms with Crippen LogP contribution in [0, 0.1) is 10.8 Å². The molecule has 0 aromatic carbocycles. The largest absolute Gasteiger partial charge is 0.462 e. The molecule has 4 nitrogen and oxygen atoms in total. The molecule has 2 atom stereocenters. The van der Waals surface area contributed by atoms with E-state index in [0.717, 1.165) is 12.2 Å². The molecule has 0 saturated heterocycles. The first-order chi connectivity index (χ1) is 8.87. The van der Waals surface area contributed by atoms with Gasteiger partial charge in [0, 0.05) is 12.2 Å². The number of hydrogen-bond acceptors (Lipinski definition) is 4. The number of halogens is 2. The van der Waals surface area contributed by atoms with Crippen LogP contribution in [0.25, 0.3) is 0 Å². The molecule has 104 valence electrons. The number of hydrogen-bond donors (Lipinski definition) is 0. The van der Waals surface area contributed by atoms with Crippen molar-refractivity contribution in [3.63, 3.8) is 0 Å². The molecule has 0 aliphatic heterocycles. The smallest absolute Gasteiger partial charge is 0.330 e. The van der Waals surface area contributed by atoms with Gasteiger partial charge in [-0.1, -0.05) is 13.2 Å². The fraction of sp³-hybridized carbons (Fsp3) is 0.538. The topological polar surface area (TPSA) is 52.6 Å². The van der Waals surface area contributed by atoms with Crippen molar-refractivity contribution in [3.8, 4) is 0 Å². The van der Waals surface area contributed by atoms with Crippen LogP contribution in [0.4, 0.5) is 8.78 Å². The monoisotopic (exact) mass is 272 g/mol. The van der Waals surface area contributed by atoms with Crippen LogP contribution in [-0.4, -0.2) is 31.1 Å². The van der Waals surface area contributed by atoms with Crippen molar-refractivity contribution in [2.75, 3.05) is 13.2 Å². The lowest BCUT2D eigenvalue weighted by Gasteiger charge is -2.31. The molecule has 2 saturated carbocycles. The van der Waals surface area contributed by atoms with Crippen molar-refractivity contribution in [2.45, 2.75) is 18.8 Å². The lowest BCUT2D eigenvalue weighted by Crippen LogP contribution is -2.34. The van der Waals surface area contributed by atoms with Gasteiger partial charge in [0.1, 0.15) is 13.2 Å². The molecule has 0 radical (unpaired) electrons. The van der Waals surface area contributed by atoms with Gasteiger partial charge in [0.15, 0.2) is 0 Å². The van der Waals surface area contributed by atoms with Gasteiger partial charge < -0.3 is 9.47 Å². The van der Waals surface area contributed by atoms with Crippen molar-refractivity contribution >= 4 is 11.9 Å². The summed E-state index contributed by atoms with van der Waals surface area (Å²) in [7, 11) is 0. The van der Waals surface area contributed by atoms with Gasteiger partial charge in [0.05, 0.1) is 10.8 Å². The summed E-state index contributed by atoms with van der Waals surface area (Å²) in [4.78, 5) is 21.9. The van der Waals surface area contributed by atoms with Gasteiger partial charge in [-0.3, -0.25) is 0 Å². The molecule has 0 N–H and O–H groups in total. The maximum Gasteiger partial charge on any atom is 0.330 e. The van der Waals surface area contributed by atoms with E-state index in [9.17, 15) is 18.4 Å². The number of esters is 2.